The monoisotopic (exact) mass is 284 g/mol. The van der Waals surface area contributed by atoms with Gasteiger partial charge in [0.25, 0.3) is 0 Å². The summed E-state index contributed by atoms with van der Waals surface area (Å²) in [6.07, 6.45) is 5.35. The van der Waals surface area contributed by atoms with E-state index < -0.39 is 0 Å². The SMILES string of the molecule is Nc1cc(Cl)c(N(CC2CC2)CC2CC2)c(Cl)c1. The molecular weight excluding hydrogens is 267 g/mol. The molecule has 1 aromatic rings. The minimum absolute atomic E-state index is 0.631. The molecule has 0 atom stereocenters. The van der Waals surface area contributed by atoms with Crippen LogP contribution in [-0.4, -0.2) is 13.1 Å². The van der Waals surface area contributed by atoms with Crippen molar-refractivity contribution >= 4 is 34.6 Å². The van der Waals surface area contributed by atoms with Crippen LogP contribution < -0.4 is 10.6 Å². The minimum atomic E-state index is 0.631. The summed E-state index contributed by atoms with van der Waals surface area (Å²) < 4.78 is 0. The summed E-state index contributed by atoms with van der Waals surface area (Å²) >= 11 is 12.7. The summed E-state index contributed by atoms with van der Waals surface area (Å²) in [5, 5.41) is 1.36. The summed E-state index contributed by atoms with van der Waals surface area (Å²) in [6.45, 7) is 2.17. The summed E-state index contributed by atoms with van der Waals surface area (Å²) in [7, 11) is 0. The van der Waals surface area contributed by atoms with Crippen LogP contribution in [0.15, 0.2) is 12.1 Å². The van der Waals surface area contributed by atoms with Crippen LogP contribution >= 0.6 is 23.2 Å². The minimum Gasteiger partial charge on any atom is -0.399 e. The molecule has 0 unspecified atom stereocenters. The zero-order valence-electron chi connectivity index (χ0n) is 10.3. The molecule has 0 spiro atoms. The second-order valence-electron chi connectivity index (χ2n) is 5.62. The number of hydrogen-bond donors (Lipinski definition) is 1. The van der Waals surface area contributed by atoms with Crippen LogP contribution in [0, 0.1) is 11.8 Å². The van der Waals surface area contributed by atoms with Gasteiger partial charge in [-0.25, -0.2) is 0 Å². The van der Waals surface area contributed by atoms with E-state index in [1.165, 1.54) is 25.7 Å². The molecule has 2 nitrogen and oxygen atoms in total. The van der Waals surface area contributed by atoms with Gasteiger partial charge in [-0.2, -0.15) is 0 Å². The van der Waals surface area contributed by atoms with Crippen molar-refractivity contribution < 1.29 is 0 Å². The molecule has 2 aliphatic rings. The highest BCUT2D eigenvalue weighted by atomic mass is 35.5. The van der Waals surface area contributed by atoms with Crippen LogP contribution in [0.3, 0.4) is 0 Å². The Morgan fingerprint density at radius 1 is 1.00 bits per heavy atom. The number of anilines is 2. The van der Waals surface area contributed by atoms with Crippen molar-refractivity contribution in [3.63, 3.8) is 0 Å². The van der Waals surface area contributed by atoms with Crippen molar-refractivity contribution in [2.24, 2.45) is 11.8 Å². The van der Waals surface area contributed by atoms with E-state index in [2.05, 4.69) is 4.90 Å². The number of rotatable bonds is 5. The summed E-state index contributed by atoms with van der Waals surface area (Å²) in [4.78, 5) is 2.37. The topological polar surface area (TPSA) is 29.3 Å². The van der Waals surface area contributed by atoms with E-state index in [0.717, 1.165) is 30.6 Å². The van der Waals surface area contributed by atoms with Crippen LogP contribution in [0.25, 0.3) is 0 Å². The highest BCUT2D eigenvalue weighted by Crippen LogP contribution is 2.41. The van der Waals surface area contributed by atoms with Crippen LogP contribution in [0.4, 0.5) is 11.4 Å². The van der Waals surface area contributed by atoms with Gasteiger partial charge in [-0.3, -0.25) is 0 Å². The maximum absolute atomic E-state index is 6.33. The van der Waals surface area contributed by atoms with Gasteiger partial charge in [-0.1, -0.05) is 23.2 Å². The molecule has 2 aliphatic carbocycles. The standard InChI is InChI=1S/C14H18Cl2N2/c15-12-5-11(17)6-13(16)14(12)18(7-9-1-2-9)8-10-3-4-10/h5-6,9-10H,1-4,7-8,17H2. The van der Waals surface area contributed by atoms with E-state index in [-0.39, 0.29) is 0 Å². The van der Waals surface area contributed by atoms with E-state index >= 15 is 0 Å². The fourth-order valence-electron chi connectivity index (χ4n) is 2.37. The van der Waals surface area contributed by atoms with Gasteiger partial charge in [0.1, 0.15) is 0 Å². The largest absolute Gasteiger partial charge is 0.399 e. The van der Waals surface area contributed by atoms with Gasteiger partial charge in [0.2, 0.25) is 0 Å². The van der Waals surface area contributed by atoms with E-state index in [1.54, 1.807) is 12.1 Å². The maximum atomic E-state index is 6.33. The first-order valence-corrected chi connectivity index (χ1v) is 7.38. The molecule has 0 radical (unpaired) electrons. The predicted octanol–water partition coefficient (Wildman–Crippen LogP) is 4.20. The molecule has 0 heterocycles. The molecule has 2 fully saturated rings. The average molecular weight is 285 g/mol. The van der Waals surface area contributed by atoms with Gasteiger partial charge in [0.05, 0.1) is 15.7 Å². The van der Waals surface area contributed by atoms with E-state index in [0.29, 0.717) is 15.7 Å². The number of nitrogens with zero attached hydrogens (tertiary/aromatic N) is 1. The van der Waals surface area contributed by atoms with Gasteiger partial charge in [0, 0.05) is 18.8 Å². The van der Waals surface area contributed by atoms with E-state index in [4.69, 9.17) is 28.9 Å². The molecule has 98 valence electrons. The predicted molar refractivity (Wildman–Crippen MR) is 78.5 cm³/mol. The highest BCUT2D eigenvalue weighted by Gasteiger charge is 2.31. The molecule has 0 saturated heterocycles. The smallest absolute Gasteiger partial charge is 0.0746 e. The number of hydrogen-bond acceptors (Lipinski definition) is 2. The molecular formula is C14H18Cl2N2. The molecule has 2 saturated carbocycles. The van der Waals surface area contributed by atoms with E-state index in [9.17, 15) is 0 Å². The van der Waals surface area contributed by atoms with Crippen molar-refractivity contribution in [1.29, 1.82) is 0 Å². The van der Waals surface area contributed by atoms with Gasteiger partial charge in [0.15, 0.2) is 0 Å². The zero-order chi connectivity index (χ0) is 12.7. The summed E-state index contributed by atoms with van der Waals surface area (Å²) in [5.41, 5.74) is 7.38. The second-order valence-corrected chi connectivity index (χ2v) is 6.44. The number of benzene rings is 1. The van der Waals surface area contributed by atoms with Crippen LogP contribution in [0.5, 0.6) is 0 Å². The Kier molecular flexibility index (Phi) is 3.33. The second kappa shape index (κ2) is 4.82. The van der Waals surface area contributed by atoms with Crippen molar-refractivity contribution in [3.05, 3.63) is 22.2 Å². The zero-order valence-corrected chi connectivity index (χ0v) is 11.8. The Labute approximate surface area is 118 Å². The Hall–Kier alpha value is -0.600. The number of nitrogens with two attached hydrogens (primary N) is 1. The number of nitrogen functional groups attached to an aromatic ring is 1. The quantitative estimate of drug-likeness (QED) is 0.821. The lowest BCUT2D eigenvalue weighted by Gasteiger charge is -2.27. The Morgan fingerprint density at radius 3 is 1.83 bits per heavy atom. The fraction of sp³-hybridized carbons (Fsp3) is 0.571. The maximum Gasteiger partial charge on any atom is 0.0746 e. The molecule has 1 aromatic carbocycles. The van der Waals surface area contributed by atoms with Gasteiger partial charge in [-0.15, -0.1) is 0 Å². The molecule has 4 heteroatoms. The van der Waals surface area contributed by atoms with Crippen LogP contribution in [0.1, 0.15) is 25.7 Å². The lowest BCUT2D eigenvalue weighted by Crippen LogP contribution is -2.28. The van der Waals surface area contributed by atoms with Crippen molar-refractivity contribution in [2.45, 2.75) is 25.7 Å². The third-order valence-electron chi connectivity index (χ3n) is 3.71. The van der Waals surface area contributed by atoms with Crippen molar-refractivity contribution in [1.82, 2.24) is 0 Å². The molecule has 0 aliphatic heterocycles. The first-order valence-electron chi connectivity index (χ1n) is 6.63. The average Bonchev–Trinajstić information content (AvgIpc) is 3.10. The molecule has 18 heavy (non-hydrogen) atoms. The van der Waals surface area contributed by atoms with Crippen LogP contribution in [-0.2, 0) is 0 Å². The third kappa shape index (κ3) is 2.86. The Morgan fingerprint density at radius 2 is 1.44 bits per heavy atom. The Bertz CT molecular complexity index is 416. The van der Waals surface area contributed by atoms with Gasteiger partial charge in [-0.05, 0) is 49.7 Å². The normalized spacial score (nSPS) is 19.0. The molecule has 0 amide bonds. The summed E-state index contributed by atoms with van der Waals surface area (Å²) in [5.74, 6) is 1.65. The number of halogens is 2. The van der Waals surface area contributed by atoms with Crippen molar-refractivity contribution in [3.8, 4) is 0 Å². The first-order chi connectivity index (χ1) is 8.63. The Balaban J connectivity index is 1.86. The fourth-order valence-corrected chi connectivity index (χ4v) is 3.11. The van der Waals surface area contributed by atoms with E-state index in [1.807, 2.05) is 0 Å². The first kappa shape index (κ1) is 12.4. The molecule has 2 N–H and O–H groups in total. The third-order valence-corrected chi connectivity index (χ3v) is 4.28. The lowest BCUT2D eigenvalue weighted by atomic mass is 10.2. The summed E-state index contributed by atoms with van der Waals surface area (Å²) in [6, 6.07) is 3.60. The molecule has 0 aromatic heterocycles. The van der Waals surface area contributed by atoms with Gasteiger partial charge >= 0.3 is 0 Å². The van der Waals surface area contributed by atoms with Gasteiger partial charge < -0.3 is 10.6 Å². The molecule has 3 rings (SSSR count). The van der Waals surface area contributed by atoms with Crippen molar-refractivity contribution in [2.75, 3.05) is 23.7 Å². The lowest BCUT2D eigenvalue weighted by molar-refractivity contribution is 0.680. The van der Waals surface area contributed by atoms with Crippen LogP contribution in [0.2, 0.25) is 10.0 Å². The highest BCUT2D eigenvalue weighted by molar-refractivity contribution is 6.39. The molecule has 0 bridgehead atoms.